The molecule has 0 aliphatic carbocycles. The number of furan rings is 1. The highest BCUT2D eigenvalue weighted by Gasteiger charge is 2.39. The first-order valence-electron chi connectivity index (χ1n) is 12.5. The fraction of sp³-hybridized carbons (Fsp3) is 0.233. The van der Waals surface area contributed by atoms with Crippen LogP contribution in [0.15, 0.2) is 93.2 Å². The molecule has 0 saturated carbocycles. The average molecular weight is 528 g/mol. The van der Waals surface area contributed by atoms with E-state index in [0.29, 0.717) is 35.2 Å². The number of nitrogens with zero attached hydrogens (tertiary/aromatic N) is 3. The number of benzene rings is 2. The monoisotopic (exact) mass is 527 g/mol. The summed E-state index contributed by atoms with van der Waals surface area (Å²) < 4.78 is 27.0. The van der Waals surface area contributed by atoms with Gasteiger partial charge in [-0.15, -0.1) is 0 Å². The maximum Gasteiger partial charge on any atom is 0.282 e. The molecule has 0 unspecified atom stereocenters. The number of carbonyl (C=O) groups excluding carboxylic acids is 1. The van der Waals surface area contributed by atoms with Crippen LogP contribution in [0.25, 0.3) is 11.8 Å². The van der Waals surface area contributed by atoms with Crippen molar-refractivity contribution in [3.05, 3.63) is 102 Å². The number of hydrogen-bond donors (Lipinski definition) is 0. The molecule has 194 valence electrons. The Labute approximate surface area is 223 Å². The van der Waals surface area contributed by atoms with Crippen molar-refractivity contribution in [1.82, 2.24) is 4.90 Å². The van der Waals surface area contributed by atoms with Crippen molar-refractivity contribution in [2.75, 3.05) is 0 Å². The molecule has 3 heterocycles. The molecule has 1 aromatic heterocycles. The molecular formula is C30H30FN3O3Si. The summed E-state index contributed by atoms with van der Waals surface area (Å²) in [5.41, 5.74) is 2.40. The summed E-state index contributed by atoms with van der Waals surface area (Å²) in [7, 11) is -2.15. The second kappa shape index (κ2) is 9.68. The van der Waals surface area contributed by atoms with Crippen LogP contribution in [0.5, 0.6) is 5.75 Å². The molecule has 6 nitrogen and oxygen atoms in total. The lowest BCUT2D eigenvalue weighted by molar-refractivity contribution is -0.120. The molecule has 1 amide bonds. The largest absolute Gasteiger partial charge is 0.543 e. The molecule has 2 aliphatic rings. The van der Waals surface area contributed by atoms with Gasteiger partial charge in [0, 0.05) is 24.3 Å². The van der Waals surface area contributed by atoms with Crippen molar-refractivity contribution in [3.63, 3.8) is 0 Å². The zero-order valence-electron chi connectivity index (χ0n) is 22.2. The molecular weight excluding hydrogens is 497 g/mol. The molecule has 0 saturated heterocycles. The summed E-state index contributed by atoms with van der Waals surface area (Å²) in [6, 6.07) is 18.0. The van der Waals surface area contributed by atoms with Crippen molar-refractivity contribution >= 4 is 37.5 Å². The minimum absolute atomic E-state index is 0.0171. The number of aliphatic imine (C=N–C) groups is 2. The van der Waals surface area contributed by atoms with Crippen LogP contribution in [0, 0.1) is 5.82 Å². The summed E-state index contributed by atoms with van der Waals surface area (Å²) in [6.45, 7) is 10.7. The molecule has 5 rings (SSSR count). The topological polar surface area (TPSA) is 67.4 Å². The smallest absolute Gasteiger partial charge is 0.282 e. The van der Waals surface area contributed by atoms with Crippen molar-refractivity contribution < 1.29 is 18.0 Å². The Hall–Kier alpha value is -4.04. The van der Waals surface area contributed by atoms with E-state index in [9.17, 15) is 4.79 Å². The van der Waals surface area contributed by atoms with Crippen LogP contribution < -0.4 is 4.43 Å². The number of rotatable bonds is 6. The second-order valence-corrected chi connectivity index (χ2v) is 15.6. The molecule has 2 aromatic carbocycles. The van der Waals surface area contributed by atoms with Crippen LogP contribution in [-0.2, 0) is 11.2 Å². The minimum atomic E-state index is -2.15. The number of carbonyl (C=O) groups is 1. The Kier molecular flexibility index (Phi) is 6.52. The van der Waals surface area contributed by atoms with Gasteiger partial charge in [-0.2, -0.15) is 0 Å². The van der Waals surface area contributed by atoms with Gasteiger partial charge in [-0.1, -0.05) is 51.1 Å². The number of hydrogen-bond acceptors (Lipinski definition) is 5. The summed E-state index contributed by atoms with van der Waals surface area (Å²) >= 11 is 0. The molecule has 8 heteroatoms. The Morgan fingerprint density at radius 3 is 2.50 bits per heavy atom. The molecule has 0 spiro atoms. The molecule has 0 radical (unpaired) electrons. The summed E-state index contributed by atoms with van der Waals surface area (Å²) in [5.74, 6) is 0.752. The fourth-order valence-electron chi connectivity index (χ4n) is 3.96. The predicted octanol–water partition coefficient (Wildman–Crippen LogP) is 7.08. The Morgan fingerprint density at radius 2 is 1.82 bits per heavy atom. The highest BCUT2D eigenvalue weighted by Crippen LogP contribution is 2.38. The molecule has 38 heavy (non-hydrogen) atoms. The highest BCUT2D eigenvalue weighted by atomic mass is 28.4. The Morgan fingerprint density at radius 1 is 1.05 bits per heavy atom. The van der Waals surface area contributed by atoms with E-state index in [1.165, 1.54) is 17.2 Å². The molecule has 0 N–H and O–H groups in total. The van der Waals surface area contributed by atoms with Crippen molar-refractivity contribution in [3.8, 4) is 5.75 Å². The van der Waals surface area contributed by atoms with Crippen molar-refractivity contribution in [1.29, 1.82) is 0 Å². The quantitative estimate of drug-likeness (QED) is 0.254. The van der Waals surface area contributed by atoms with Gasteiger partial charge in [-0.3, -0.25) is 9.69 Å². The van der Waals surface area contributed by atoms with Crippen molar-refractivity contribution in [2.24, 2.45) is 9.98 Å². The second-order valence-electron chi connectivity index (χ2n) is 10.9. The van der Waals surface area contributed by atoms with Gasteiger partial charge in [0.1, 0.15) is 23.0 Å². The van der Waals surface area contributed by atoms with Gasteiger partial charge in [-0.05, 0) is 54.0 Å². The van der Waals surface area contributed by atoms with E-state index < -0.39 is 14.1 Å². The van der Waals surface area contributed by atoms with E-state index in [1.807, 2.05) is 30.3 Å². The van der Waals surface area contributed by atoms with Gasteiger partial charge < -0.3 is 8.84 Å². The van der Waals surface area contributed by atoms with E-state index in [1.54, 1.807) is 36.5 Å². The summed E-state index contributed by atoms with van der Waals surface area (Å²) in [6.07, 6.45) is 5.10. The van der Waals surface area contributed by atoms with Crippen LogP contribution in [0.3, 0.4) is 0 Å². The van der Waals surface area contributed by atoms with Gasteiger partial charge in [-0.25, -0.2) is 14.4 Å². The van der Waals surface area contributed by atoms with Crippen LogP contribution in [0.2, 0.25) is 18.1 Å². The zero-order valence-corrected chi connectivity index (χ0v) is 23.2. The normalized spacial score (nSPS) is 16.8. The SMILES string of the molecule is CC(C)(C)[Si](C)(C)Oc1ccc(F)c(C2=CN3C(=O)/C(=C/c4ccco4)N=C3C(Cc3ccccc3)=N2)c1. The first kappa shape index (κ1) is 25.6. The first-order valence-corrected chi connectivity index (χ1v) is 15.4. The summed E-state index contributed by atoms with van der Waals surface area (Å²) in [5, 5.41) is -0.0171. The van der Waals surface area contributed by atoms with Gasteiger partial charge in [0.2, 0.25) is 8.32 Å². The lowest BCUT2D eigenvalue weighted by Gasteiger charge is -2.36. The van der Waals surface area contributed by atoms with Crippen LogP contribution >= 0.6 is 0 Å². The number of halogens is 1. The molecule has 0 fully saturated rings. The van der Waals surface area contributed by atoms with Gasteiger partial charge in [0.25, 0.3) is 5.91 Å². The first-order chi connectivity index (χ1) is 18.0. The van der Waals surface area contributed by atoms with E-state index >= 15 is 4.39 Å². The van der Waals surface area contributed by atoms with Gasteiger partial charge in [0.05, 0.1) is 17.7 Å². The van der Waals surface area contributed by atoms with Crippen LogP contribution in [-0.4, -0.2) is 30.7 Å². The molecule has 0 atom stereocenters. The Balaban J connectivity index is 1.57. The maximum atomic E-state index is 15.2. The van der Waals surface area contributed by atoms with E-state index in [-0.39, 0.29) is 22.2 Å². The summed E-state index contributed by atoms with van der Waals surface area (Å²) in [4.78, 5) is 24.2. The van der Waals surface area contributed by atoms with E-state index in [0.717, 1.165) is 5.56 Å². The van der Waals surface area contributed by atoms with Gasteiger partial charge >= 0.3 is 0 Å². The number of amides is 1. The third-order valence-electron chi connectivity index (χ3n) is 7.09. The maximum absolute atomic E-state index is 15.2. The molecule has 2 aliphatic heterocycles. The predicted molar refractivity (Wildman–Crippen MR) is 151 cm³/mol. The lowest BCUT2D eigenvalue weighted by Crippen LogP contribution is -2.43. The van der Waals surface area contributed by atoms with E-state index in [2.05, 4.69) is 38.9 Å². The Bertz CT molecular complexity index is 1500. The molecule has 3 aromatic rings. The lowest BCUT2D eigenvalue weighted by atomic mass is 10.0. The van der Waals surface area contributed by atoms with Crippen LogP contribution in [0.1, 0.15) is 37.7 Å². The highest BCUT2D eigenvalue weighted by molar-refractivity contribution is 6.74. The minimum Gasteiger partial charge on any atom is -0.543 e. The van der Waals surface area contributed by atoms with Gasteiger partial charge in [0.15, 0.2) is 5.84 Å². The van der Waals surface area contributed by atoms with Crippen molar-refractivity contribution in [2.45, 2.75) is 45.3 Å². The fourth-order valence-corrected chi connectivity index (χ4v) is 4.98. The third-order valence-corrected chi connectivity index (χ3v) is 11.4. The average Bonchev–Trinajstić information content (AvgIpc) is 3.49. The molecule has 0 bridgehead atoms. The third kappa shape index (κ3) is 5.04. The van der Waals surface area contributed by atoms with E-state index in [4.69, 9.17) is 13.8 Å². The number of amidine groups is 1. The van der Waals surface area contributed by atoms with Crippen LogP contribution in [0.4, 0.5) is 4.39 Å². The standard InChI is InChI=1S/C30H30FN3O3Si/c1-30(2,3)38(4,5)37-22-13-14-24(31)23(17-22)27-19-34-28(25(32-27)16-20-10-7-6-8-11-20)33-26(29(34)35)18-21-12-9-15-36-21/h6-15,17-19H,16H2,1-5H3/b26-18-. The zero-order chi connectivity index (χ0) is 27.1. The number of fused-ring (bicyclic) bond motifs is 1.